The van der Waals surface area contributed by atoms with Gasteiger partial charge in [0.2, 0.25) is 0 Å². The maximum atomic E-state index is 11.5. The Balaban J connectivity index is 2.15. The first kappa shape index (κ1) is 12.1. The summed E-state index contributed by atoms with van der Waals surface area (Å²) in [6, 6.07) is 9.38. The van der Waals surface area contributed by atoms with Gasteiger partial charge in [0.15, 0.2) is 0 Å². The third-order valence-electron chi connectivity index (χ3n) is 2.39. The Hall–Kier alpha value is -1.37. The zero-order valence-corrected chi connectivity index (χ0v) is 10.5. The van der Waals surface area contributed by atoms with Crippen LogP contribution in [0.15, 0.2) is 34.7 Å². The highest BCUT2D eigenvalue weighted by Gasteiger charge is 2.13. The van der Waals surface area contributed by atoms with Crippen LogP contribution in [0.25, 0.3) is 11.0 Å². The van der Waals surface area contributed by atoms with E-state index in [1.807, 2.05) is 30.3 Å². The van der Waals surface area contributed by atoms with Gasteiger partial charge >= 0.3 is 0 Å². The lowest BCUT2D eigenvalue weighted by Crippen LogP contribution is -2.35. The number of nitrogens with one attached hydrogen (secondary N) is 1. The minimum atomic E-state index is -3.41. The second-order valence-electron chi connectivity index (χ2n) is 3.86. The van der Waals surface area contributed by atoms with Crippen molar-refractivity contribution in [2.24, 2.45) is 0 Å². The third kappa shape index (κ3) is 2.66. The average Bonchev–Trinajstić information content (AvgIpc) is 2.69. The van der Waals surface area contributed by atoms with Crippen LogP contribution in [0.3, 0.4) is 0 Å². The molecule has 0 atom stereocenters. The van der Waals surface area contributed by atoms with Crippen molar-refractivity contribution in [2.45, 2.75) is 6.54 Å². The summed E-state index contributed by atoms with van der Waals surface area (Å²) in [4.78, 5) is 0. The molecule has 0 saturated carbocycles. The number of para-hydroxylation sites is 1. The van der Waals surface area contributed by atoms with Crippen LogP contribution < -0.4 is 4.72 Å². The van der Waals surface area contributed by atoms with Crippen LogP contribution in [0, 0.1) is 0 Å². The van der Waals surface area contributed by atoms with Gasteiger partial charge in [-0.25, -0.2) is 0 Å². The molecule has 5 nitrogen and oxygen atoms in total. The van der Waals surface area contributed by atoms with Gasteiger partial charge in [-0.2, -0.15) is 17.4 Å². The molecule has 17 heavy (non-hydrogen) atoms. The molecular formula is C11H14N2O3S. The second kappa shape index (κ2) is 4.48. The molecule has 0 saturated heterocycles. The molecule has 0 bridgehead atoms. The van der Waals surface area contributed by atoms with Crippen LogP contribution in [0.1, 0.15) is 5.76 Å². The number of furan rings is 1. The SMILES string of the molecule is CN(C)S(=O)(=O)NCc1cc2ccccc2o1. The van der Waals surface area contributed by atoms with Gasteiger partial charge in [-0.3, -0.25) is 0 Å². The summed E-state index contributed by atoms with van der Waals surface area (Å²) in [5.41, 5.74) is 0.756. The summed E-state index contributed by atoms with van der Waals surface area (Å²) in [6.07, 6.45) is 0. The van der Waals surface area contributed by atoms with E-state index in [-0.39, 0.29) is 6.54 Å². The van der Waals surface area contributed by atoms with E-state index >= 15 is 0 Å². The van der Waals surface area contributed by atoms with Crippen molar-refractivity contribution in [3.8, 4) is 0 Å². The maximum Gasteiger partial charge on any atom is 0.279 e. The topological polar surface area (TPSA) is 62.6 Å². The van der Waals surface area contributed by atoms with Crippen LogP contribution in [0.4, 0.5) is 0 Å². The van der Waals surface area contributed by atoms with Crippen molar-refractivity contribution >= 4 is 21.2 Å². The molecule has 1 heterocycles. The Morgan fingerprint density at radius 2 is 2.00 bits per heavy atom. The molecule has 0 radical (unpaired) electrons. The van der Waals surface area contributed by atoms with Crippen molar-refractivity contribution in [1.82, 2.24) is 9.03 Å². The predicted octanol–water partition coefficient (Wildman–Crippen LogP) is 1.33. The summed E-state index contributed by atoms with van der Waals surface area (Å²) in [5, 5.41) is 0.964. The molecule has 1 aromatic heterocycles. The summed E-state index contributed by atoms with van der Waals surface area (Å²) >= 11 is 0. The van der Waals surface area contributed by atoms with Crippen LogP contribution in [-0.4, -0.2) is 26.8 Å². The predicted molar refractivity (Wildman–Crippen MR) is 65.7 cm³/mol. The van der Waals surface area contributed by atoms with E-state index in [9.17, 15) is 8.42 Å². The molecule has 2 aromatic rings. The standard InChI is InChI=1S/C11H14N2O3S/c1-13(2)17(14,15)12-8-10-7-9-5-3-4-6-11(9)16-10/h3-7,12H,8H2,1-2H3. The number of hydrogen-bond acceptors (Lipinski definition) is 3. The van der Waals surface area contributed by atoms with Gasteiger partial charge in [0.25, 0.3) is 10.2 Å². The molecule has 0 unspecified atom stereocenters. The highest BCUT2D eigenvalue weighted by atomic mass is 32.2. The van der Waals surface area contributed by atoms with Gasteiger partial charge < -0.3 is 4.42 Å². The molecule has 0 aliphatic heterocycles. The first-order valence-electron chi connectivity index (χ1n) is 5.13. The van der Waals surface area contributed by atoms with Crippen LogP contribution in [0.2, 0.25) is 0 Å². The summed E-state index contributed by atoms with van der Waals surface area (Å²) in [5.74, 6) is 0.594. The van der Waals surface area contributed by atoms with E-state index in [0.29, 0.717) is 5.76 Å². The van der Waals surface area contributed by atoms with Crippen molar-refractivity contribution in [2.75, 3.05) is 14.1 Å². The highest BCUT2D eigenvalue weighted by molar-refractivity contribution is 7.87. The van der Waals surface area contributed by atoms with Crippen molar-refractivity contribution in [3.63, 3.8) is 0 Å². The number of nitrogens with zero attached hydrogens (tertiary/aromatic N) is 1. The first-order chi connectivity index (χ1) is 7.99. The molecule has 0 amide bonds. The summed E-state index contributed by atoms with van der Waals surface area (Å²) in [7, 11) is -0.464. The van der Waals surface area contributed by atoms with Crippen LogP contribution >= 0.6 is 0 Å². The van der Waals surface area contributed by atoms with E-state index in [0.717, 1.165) is 15.3 Å². The van der Waals surface area contributed by atoms with Gasteiger partial charge in [-0.1, -0.05) is 18.2 Å². The molecule has 2 rings (SSSR count). The quantitative estimate of drug-likeness (QED) is 0.895. The van der Waals surface area contributed by atoms with Gasteiger partial charge in [0.05, 0.1) is 6.54 Å². The molecule has 1 aromatic carbocycles. The fourth-order valence-electron chi connectivity index (χ4n) is 1.42. The zero-order chi connectivity index (χ0) is 12.5. The minimum absolute atomic E-state index is 0.148. The maximum absolute atomic E-state index is 11.5. The third-order valence-corrected chi connectivity index (χ3v) is 3.86. The van der Waals surface area contributed by atoms with Crippen molar-refractivity contribution in [3.05, 3.63) is 36.1 Å². The van der Waals surface area contributed by atoms with Crippen LogP contribution in [-0.2, 0) is 16.8 Å². The fraction of sp³-hybridized carbons (Fsp3) is 0.273. The number of rotatable bonds is 4. The molecule has 0 aliphatic carbocycles. The lowest BCUT2D eigenvalue weighted by Gasteiger charge is -2.10. The highest BCUT2D eigenvalue weighted by Crippen LogP contribution is 2.18. The Morgan fingerprint density at radius 3 is 2.65 bits per heavy atom. The van der Waals surface area contributed by atoms with Gasteiger partial charge in [-0.05, 0) is 12.1 Å². The normalized spacial score (nSPS) is 12.4. The zero-order valence-electron chi connectivity index (χ0n) is 9.67. The Morgan fingerprint density at radius 1 is 1.29 bits per heavy atom. The fourth-order valence-corrected chi connectivity index (χ4v) is 2.00. The summed E-state index contributed by atoms with van der Waals surface area (Å²) < 4.78 is 32.0. The minimum Gasteiger partial charge on any atom is -0.460 e. The number of benzene rings is 1. The lowest BCUT2D eigenvalue weighted by atomic mass is 10.2. The van der Waals surface area contributed by atoms with E-state index in [4.69, 9.17) is 4.42 Å². The monoisotopic (exact) mass is 254 g/mol. The van der Waals surface area contributed by atoms with Crippen molar-refractivity contribution in [1.29, 1.82) is 0 Å². The lowest BCUT2D eigenvalue weighted by molar-refractivity contribution is 0.490. The smallest absolute Gasteiger partial charge is 0.279 e. The molecular weight excluding hydrogens is 240 g/mol. The Kier molecular flexibility index (Phi) is 3.19. The Bertz CT molecular complexity index is 583. The van der Waals surface area contributed by atoms with Crippen molar-refractivity contribution < 1.29 is 12.8 Å². The van der Waals surface area contributed by atoms with E-state index in [1.54, 1.807) is 0 Å². The first-order valence-corrected chi connectivity index (χ1v) is 6.57. The molecule has 92 valence electrons. The molecule has 0 fully saturated rings. The van der Waals surface area contributed by atoms with E-state index in [2.05, 4.69) is 4.72 Å². The van der Waals surface area contributed by atoms with Gasteiger partial charge in [0.1, 0.15) is 11.3 Å². The Labute approximate surface area is 100 Å². The molecule has 6 heteroatoms. The molecule has 0 spiro atoms. The van der Waals surface area contributed by atoms with E-state index < -0.39 is 10.2 Å². The molecule has 1 N–H and O–H groups in total. The second-order valence-corrected chi connectivity index (χ2v) is 5.83. The average molecular weight is 254 g/mol. The summed E-state index contributed by atoms with van der Waals surface area (Å²) in [6.45, 7) is 0.148. The number of hydrogen-bond donors (Lipinski definition) is 1. The number of fused-ring (bicyclic) bond motifs is 1. The van der Waals surface area contributed by atoms with Gasteiger partial charge in [-0.15, -0.1) is 0 Å². The largest absolute Gasteiger partial charge is 0.460 e. The molecule has 0 aliphatic rings. The van der Waals surface area contributed by atoms with E-state index in [1.165, 1.54) is 14.1 Å². The van der Waals surface area contributed by atoms with Gasteiger partial charge in [0, 0.05) is 19.5 Å². The van der Waals surface area contributed by atoms with Crippen LogP contribution in [0.5, 0.6) is 0 Å².